The Kier molecular flexibility index (Phi) is 4.59. The summed E-state index contributed by atoms with van der Waals surface area (Å²) in [7, 11) is 0. The highest BCUT2D eigenvalue weighted by Crippen LogP contribution is 2.30. The maximum atomic E-state index is 13.0. The molecule has 0 bridgehead atoms. The van der Waals surface area contributed by atoms with Gasteiger partial charge in [-0.2, -0.15) is 0 Å². The predicted octanol–water partition coefficient (Wildman–Crippen LogP) is 2.69. The first-order valence-corrected chi connectivity index (χ1v) is 9.51. The number of imide groups is 1. The molecule has 1 saturated heterocycles. The van der Waals surface area contributed by atoms with Crippen LogP contribution in [0.2, 0.25) is 5.02 Å². The molecule has 2 aromatic rings. The van der Waals surface area contributed by atoms with E-state index in [4.69, 9.17) is 11.6 Å². The molecule has 1 fully saturated rings. The van der Waals surface area contributed by atoms with Crippen molar-refractivity contribution in [2.24, 2.45) is 0 Å². The number of hydrogen-bond acceptors (Lipinski definition) is 3. The summed E-state index contributed by atoms with van der Waals surface area (Å²) in [6.45, 7) is 2.44. The minimum absolute atomic E-state index is 0.238. The van der Waals surface area contributed by atoms with E-state index in [0.717, 1.165) is 16.9 Å². The van der Waals surface area contributed by atoms with Crippen LogP contribution in [0.4, 0.5) is 4.79 Å². The number of halogens is 1. The van der Waals surface area contributed by atoms with Crippen molar-refractivity contribution < 1.29 is 14.4 Å². The molecule has 2 aliphatic heterocycles. The van der Waals surface area contributed by atoms with Crippen LogP contribution >= 0.6 is 11.6 Å². The highest BCUT2D eigenvalue weighted by atomic mass is 35.5. The smallest absolute Gasteiger partial charge is 0.325 e. The number of nitrogens with zero attached hydrogens (tertiary/aromatic N) is 2. The molecule has 1 atom stereocenters. The van der Waals surface area contributed by atoms with E-state index in [-0.39, 0.29) is 12.5 Å². The molecule has 0 radical (unpaired) electrons. The van der Waals surface area contributed by atoms with Gasteiger partial charge < -0.3 is 10.2 Å². The maximum absolute atomic E-state index is 13.0. The first-order chi connectivity index (χ1) is 13.4. The van der Waals surface area contributed by atoms with Crippen molar-refractivity contribution >= 4 is 29.4 Å². The summed E-state index contributed by atoms with van der Waals surface area (Å²) in [5, 5.41) is 3.26. The summed E-state index contributed by atoms with van der Waals surface area (Å²) < 4.78 is 0. The summed E-state index contributed by atoms with van der Waals surface area (Å²) in [6, 6.07) is 14.2. The zero-order valence-electron chi connectivity index (χ0n) is 15.4. The number of urea groups is 1. The second-order valence-electron chi connectivity index (χ2n) is 7.29. The van der Waals surface area contributed by atoms with E-state index in [1.165, 1.54) is 5.56 Å². The van der Waals surface area contributed by atoms with Gasteiger partial charge in [0.1, 0.15) is 12.1 Å². The molecule has 144 valence electrons. The first-order valence-electron chi connectivity index (χ1n) is 9.13. The van der Waals surface area contributed by atoms with E-state index >= 15 is 0 Å². The molecule has 2 aromatic carbocycles. The Morgan fingerprint density at radius 3 is 2.50 bits per heavy atom. The van der Waals surface area contributed by atoms with Crippen LogP contribution in [0, 0.1) is 0 Å². The van der Waals surface area contributed by atoms with Crippen LogP contribution in [0.5, 0.6) is 0 Å². The predicted molar refractivity (Wildman–Crippen MR) is 105 cm³/mol. The van der Waals surface area contributed by atoms with Crippen molar-refractivity contribution in [1.82, 2.24) is 15.1 Å². The molecule has 0 unspecified atom stereocenters. The lowest BCUT2D eigenvalue weighted by Crippen LogP contribution is -2.45. The summed E-state index contributed by atoms with van der Waals surface area (Å²) in [4.78, 5) is 40.9. The number of carbonyl (C=O) groups excluding carboxylic acids is 3. The molecule has 0 spiro atoms. The molecule has 28 heavy (non-hydrogen) atoms. The van der Waals surface area contributed by atoms with Gasteiger partial charge in [0, 0.05) is 18.1 Å². The van der Waals surface area contributed by atoms with Crippen LogP contribution < -0.4 is 5.32 Å². The van der Waals surface area contributed by atoms with E-state index in [0.29, 0.717) is 23.7 Å². The SMILES string of the molecule is C[C@]1(c2ccc(Cl)cc2)NC(=O)N(CC(=O)N2CCc3ccccc3C2)C1=O. The monoisotopic (exact) mass is 397 g/mol. The van der Waals surface area contributed by atoms with Gasteiger partial charge in [-0.15, -0.1) is 0 Å². The van der Waals surface area contributed by atoms with Crippen LogP contribution in [-0.4, -0.2) is 40.7 Å². The third kappa shape index (κ3) is 3.14. The minimum atomic E-state index is -1.21. The molecule has 6 nitrogen and oxygen atoms in total. The Morgan fingerprint density at radius 2 is 1.79 bits per heavy atom. The average molecular weight is 398 g/mol. The quantitative estimate of drug-likeness (QED) is 0.809. The Hall–Kier alpha value is -2.86. The maximum Gasteiger partial charge on any atom is 0.325 e. The molecule has 0 aliphatic carbocycles. The lowest BCUT2D eigenvalue weighted by Gasteiger charge is -2.30. The second kappa shape index (κ2) is 6.95. The minimum Gasteiger partial charge on any atom is -0.336 e. The molecule has 0 aromatic heterocycles. The number of amides is 4. The van der Waals surface area contributed by atoms with Gasteiger partial charge in [-0.3, -0.25) is 14.5 Å². The molecule has 4 amide bonds. The molecule has 7 heteroatoms. The normalized spacial score (nSPS) is 21.5. The van der Waals surface area contributed by atoms with E-state index in [2.05, 4.69) is 11.4 Å². The van der Waals surface area contributed by atoms with Gasteiger partial charge in [-0.1, -0.05) is 48.0 Å². The molecular weight excluding hydrogens is 378 g/mol. The summed E-state index contributed by atoms with van der Waals surface area (Å²) in [6.07, 6.45) is 0.768. The van der Waals surface area contributed by atoms with Crippen LogP contribution in [0.15, 0.2) is 48.5 Å². The zero-order valence-corrected chi connectivity index (χ0v) is 16.2. The fourth-order valence-corrected chi connectivity index (χ4v) is 3.89. The van der Waals surface area contributed by atoms with Crippen molar-refractivity contribution in [2.45, 2.75) is 25.4 Å². The lowest BCUT2D eigenvalue weighted by atomic mass is 9.92. The van der Waals surface area contributed by atoms with Crippen molar-refractivity contribution in [3.8, 4) is 0 Å². The number of benzene rings is 2. The Labute approximate surface area is 168 Å². The van der Waals surface area contributed by atoms with Gasteiger partial charge >= 0.3 is 6.03 Å². The topological polar surface area (TPSA) is 69.7 Å². The molecule has 2 aliphatic rings. The number of carbonyl (C=O) groups is 3. The van der Waals surface area contributed by atoms with Gasteiger partial charge in [0.15, 0.2) is 0 Å². The van der Waals surface area contributed by atoms with Gasteiger partial charge in [0.2, 0.25) is 5.91 Å². The number of nitrogens with one attached hydrogen (secondary N) is 1. The number of hydrogen-bond donors (Lipinski definition) is 1. The standard InChI is InChI=1S/C21H20ClN3O3/c1-21(16-6-8-17(22)9-7-16)19(27)25(20(28)23-21)13-18(26)24-11-10-14-4-2-3-5-15(14)12-24/h2-9H,10-13H2,1H3,(H,23,28)/t21-/m1/s1. The highest BCUT2D eigenvalue weighted by molar-refractivity contribution is 6.30. The Morgan fingerprint density at radius 1 is 1.11 bits per heavy atom. The van der Waals surface area contributed by atoms with E-state index in [9.17, 15) is 14.4 Å². The number of fused-ring (bicyclic) bond motifs is 1. The van der Waals surface area contributed by atoms with Crippen LogP contribution in [0.3, 0.4) is 0 Å². The van der Waals surface area contributed by atoms with Crippen molar-refractivity contribution in [3.05, 3.63) is 70.2 Å². The molecule has 4 rings (SSSR count). The fourth-order valence-electron chi connectivity index (χ4n) is 3.76. The van der Waals surface area contributed by atoms with Gasteiger partial charge in [-0.25, -0.2) is 4.79 Å². The second-order valence-corrected chi connectivity index (χ2v) is 7.72. The van der Waals surface area contributed by atoms with Crippen LogP contribution in [0.1, 0.15) is 23.6 Å². The van der Waals surface area contributed by atoms with Crippen LogP contribution in [-0.2, 0) is 28.1 Å². The molecule has 2 heterocycles. The summed E-state index contributed by atoms with van der Waals surface area (Å²) >= 11 is 5.92. The van der Waals surface area contributed by atoms with Gasteiger partial charge in [0.25, 0.3) is 5.91 Å². The van der Waals surface area contributed by atoms with E-state index in [1.807, 2.05) is 18.2 Å². The van der Waals surface area contributed by atoms with Gasteiger partial charge in [0.05, 0.1) is 0 Å². The van der Waals surface area contributed by atoms with Crippen molar-refractivity contribution in [2.75, 3.05) is 13.1 Å². The summed E-state index contributed by atoms with van der Waals surface area (Å²) in [5.41, 5.74) is 1.75. The van der Waals surface area contributed by atoms with Crippen molar-refractivity contribution in [3.63, 3.8) is 0 Å². The zero-order chi connectivity index (χ0) is 19.9. The number of rotatable bonds is 3. The first kappa shape index (κ1) is 18.5. The molecular formula is C21H20ClN3O3. The Bertz CT molecular complexity index is 960. The third-order valence-electron chi connectivity index (χ3n) is 5.47. The molecule has 1 N–H and O–H groups in total. The average Bonchev–Trinajstić information content (AvgIpc) is 2.92. The van der Waals surface area contributed by atoms with Crippen LogP contribution in [0.25, 0.3) is 0 Å². The Balaban J connectivity index is 1.49. The van der Waals surface area contributed by atoms with Gasteiger partial charge in [-0.05, 0) is 42.2 Å². The van der Waals surface area contributed by atoms with E-state index in [1.54, 1.807) is 36.1 Å². The summed E-state index contributed by atoms with van der Waals surface area (Å²) in [5.74, 6) is -0.677. The molecule has 0 saturated carbocycles. The largest absolute Gasteiger partial charge is 0.336 e. The van der Waals surface area contributed by atoms with Crippen molar-refractivity contribution in [1.29, 1.82) is 0 Å². The fraction of sp³-hybridized carbons (Fsp3) is 0.286. The lowest BCUT2D eigenvalue weighted by molar-refractivity contribution is -0.139. The third-order valence-corrected chi connectivity index (χ3v) is 5.73. The van der Waals surface area contributed by atoms with E-state index < -0.39 is 17.5 Å². The highest BCUT2D eigenvalue weighted by Gasteiger charge is 2.49.